The Kier molecular flexibility index (Phi) is 5.81. The van der Waals surface area contributed by atoms with Gasteiger partial charge in [-0.15, -0.1) is 0 Å². The molecule has 2 saturated heterocycles. The summed E-state index contributed by atoms with van der Waals surface area (Å²) in [4.78, 5) is 26.5. The average Bonchev–Trinajstić information content (AvgIpc) is 2.47. The first-order chi connectivity index (χ1) is 10.1. The highest BCUT2D eigenvalue weighted by Crippen LogP contribution is 2.15. The number of hydrogen-bond donors (Lipinski definition) is 1. The molecular formula is C14H24N2O5. The Balaban J connectivity index is 1.81. The van der Waals surface area contributed by atoms with Crippen LogP contribution in [0.25, 0.3) is 0 Å². The molecule has 2 rings (SSSR count). The summed E-state index contributed by atoms with van der Waals surface area (Å²) in [5.74, 6) is -0.904. The van der Waals surface area contributed by atoms with Gasteiger partial charge in [-0.2, -0.15) is 0 Å². The van der Waals surface area contributed by atoms with Gasteiger partial charge in [0, 0.05) is 33.3 Å². The van der Waals surface area contributed by atoms with Crippen LogP contribution in [0.5, 0.6) is 0 Å². The number of aliphatic carboxylic acids is 1. The molecule has 0 bridgehead atoms. The number of morpholine rings is 1. The minimum atomic E-state index is -0.904. The highest BCUT2D eigenvalue weighted by Gasteiger charge is 2.28. The zero-order valence-electron chi connectivity index (χ0n) is 12.5. The maximum atomic E-state index is 12.4. The van der Waals surface area contributed by atoms with Crippen LogP contribution in [-0.4, -0.2) is 79.0 Å². The first-order valence-electron chi connectivity index (χ1n) is 7.51. The van der Waals surface area contributed by atoms with Crippen LogP contribution in [0.3, 0.4) is 0 Å². The molecule has 0 saturated carbocycles. The van der Waals surface area contributed by atoms with Crippen molar-refractivity contribution < 1.29 is 24.2 Å². The molecule has 0 aliphatic carbocycles. The van der Waals surface area contributed by atoms with E-state index in [0.717, 1.165) is 25.9 Å². The van der Waals surface area contributed by atoms with E-state index in [1.165, 1.54) is 0 Å². The zero-order valence-corrected chi connectivity index (χ0v) is 12.5. The number of urea groups is 1. The Labute approximate surface area is 124 Å². The fraction of sp³-hybridized carbons (Fsp3) is 0.857. The molecule has 0 radical (unpaired) electrons. The number of carbonyl (C=O) groups excluding carboxylic acids is 1. The van der Waals surface area contributed by atoms with Crippen LogP contribution in [-0.2, 0) is 14.3 Å². The van der Waals surface area contributed by atoms with Gasteiger partial charge in [-0.1, -0.05) is 0 Å². The number of rotatable bonds is 4. The molecule has 2 unspecified atom stereocenters. The van der Waals surface area contributed by atoms with Gasteiger partial charge in [0.05, 0.1) is 25.2 Å². The molecule has 2 fully saturated rings. The summed E-state index contributed by atoms with van der Waals surface area (Å²) in [6, 6.07) is -0.0807. The van der Waals surface area contributed by atoms with Crippen molar-refractivity contribution in [2.24, 2.45) is 0 Å². The molecule has 7 nitrogen and oxygen atoms in total. The van der Waals surface area contributed by atoms with Gasteiger partial charge in [0.1, 0.15) is 0 Å². The van der Waals surface area contributed by atoms with E-state index >= 15 is 0 Å². The fourth-order valence-electron chi connectivity index (χ4n) is 2.79. The maximum absolute atomic E-state index is 12.4. The van der Waals surface area contributed by atoms with Crippen molar-refractivity contribution in [3.05, 3.63) is 0 Å². The predicted molar refractivity (Wildman–Crippen MR) is 75.2 cm³/mol. The third-order valence-electron chi connectivity index (χ3n) is 3.89. The van der Waals surface area contributed by atoms with E-state index in [1.54, 1.807) is 16.8 Å². The molecule has 0 aromatic carbocycles. The summed E-state index contributed by atoms with van der Waals surface area (Å²) in [5, 5.41) is 8.81. The average molecular weight is 300 g/mol. The van der Waals surface area contributed by atoms with Gasteiger partial charge >= 0.3 is 12.0 Å². The summed E-state index contributed by atoms with van der Waals surface area (Å²) < 4.78 is 11.0. The fourth-order valence-corrected chi connectivity index (χ4v) is 2.79. The summed E-state index contributed by atoms with van der Waals surface area (Å²) in [7, 11) is 1.77. The Morgan fingerprint density at radius 3 is 2.67 bits per heavy atom. The molecule has 2 heterocycles. The Morgan fingerprint density at radius 2 is 2.00 bits per heavy atom. The molecule has 2 atom stereocenters. The number of likely N-dealkylation sites (N-methyl/N-ethyl adjacent to an activating group) is 1. The number of carboxylic acids is 1. The van der Waals surface area contributed by atoms with Crippen molar-refractivity contribution in [2.75, 3.05) is 39.9 Å². The second-order valence-electron chi connectivity index (χ2n) is 5.69. The van der Waals surface area contributed by atoms with Crippen LogP contribution in [0.4, 0.5) is 4.79 Å². The normalized spacial score (nSPS) is 26.4. The largest absolute Gasteiger partial charge is 0.481 e. The maximum Gasteiger partial charge on any atom is 0.319 e. The zero-order chi connectivity index (χ0) is 15.2. The van der Waals surface area contributed by atoms with Crippen LogP contribution in [0.1, 0.15) is 25.7 Å². The quantitative estimate of drug-likeness (QED) is 0.830. The van der Waals surface area contributed by atoms with Gasteiger partial charge in [0.2, 0.25) is 0 Å². The highest BCUT2D eigenvalue weighted by atomic mass is 16.5. The van der Waals surface area contributed by atoms with Crippen molar-refractivity contribution in [1.82, 2.24) is 9.80 Å². The first-order valence-corrected chi connectivity index (χ1v) is 7.51. The molecule has 7 heteroatoms. The summed E-state index contributed by atoms with van der Waals surface area (Å²) in [5.41, 5.74) is 0. The number of amides is 2. The Bertz CT molecular complexity index is 370. The van der Waals surface area contributed by atoms with E-state index in [0.29, 0.717) is 26.2 Å². The highest BCUT2D eigenvalue weighted by molar-refractivity contribution is 5.74. The van der Waals surface area contributed by atoms with Gasteiger partial charge in [-0.05, 0) is 19.3 Å². The Morgan fingerprint density at radius 1 is 1.24 bits per heavy atom. The van der Waals surface area contributed by atoms with Crippen molar-refractivity contribution in [3.63, 3.8) is 0 Å². The summed E-state index contributed by atoms with van der Waals surface area (Å²) in [6.45, 7) is 2.58. The van der Waals surface area contributed by atoms with Crippen LogP contribution in [0.2, 0.25) is 0 Å². The minimum absolute atomic E-state index is 0.0702. The van der Waals surface area contributed by atoms with Crippen molar-refractivity contribution in [3.8, 4) is 0 Å². The molecule has 0 aromatic heterocycles. The van der Waals surface area contributed by atoms with Crippen LogP contribution >= 0.6 is 0 Å². The molecular weight excluding hydrogens is 276 g/mol. The van der Waals surface area contributed by atoms with Crippen LogP contribution in [0, 0.1) is 0 Å². The summed E-state index contributed by atoms with van der Waals surface area (Å²) in [6.07, 6.45) is 2.85. The van der Waals surface area contributed by atoms with E-state index in [2.05, 4.69) is 0 Å². The van der Waals surface area contributed by atoms with Crippen LogP contribution in [0.15, 0.2) is 0 Å². The third-order valence-corrected chi connectivity index (χ3v) is 3.89. The van der Waals surface area contributed by atoms with Gasteiger partial charge in [0.25, 0.3) is 0 Å². The van der Waals surface area contributed by atoms with Gasteiger partial charge in [0.15, 0.2) is 0 Å². The lowest BCUT2D eigenvalue weighted by atomic mass is 10.1. The van der Waals surface area contributed by atoms with E-state index < -0.39 is 12.1 Å². The van der Waals surface area contributed by atoms with Gasteiger partial charge in [-0.25, -0.2) is 4.79 Å². The van der Waals surface area contributed by atoms with Gasteiger partial charge in [-0.3, -0.25) is 4.79 Å². The monoisotopic (exact) mass is 300 g/mol. The molecule has 120 valence electrons. The molecule has 2 aliphatic rings. The van der Waals surface area contributed by atoms with Crippen molar-refractivity contribution in [1.29, 1.82) is 0 Å². The molecule has 1 N–H and O–H groups in total. The first kappa shape index (κ1) is 16.0. The lowest BCUT2D eigenvalue weighted by Crippen LogP contribution is -2.51. The summed E-state index contributed by atoms with van der Waals surface area (Å²) >= 11 is 0. The van der Waals surface area contributed by atoms with Crippen molar-refractivity contribution in [2.45, 2.75) is 37.9 Å². The predicted octanol–water partition coefficient (Wildman–Crippen LogP) is 0.783. The lowest BCUT2D eigenvalue weighted by molar-refractivity contribution is -0.141. The SMILES string of the molecule is CN(CC1CCCCO1)C(=O)N1CCOC(CC(=O)O)C1. The minimum Gasteiger partial charge on any atom is -0.481 e. The third kappa shape index (κ3) is 4.86. The number of carboxylic acid groups (broad SMARTS) is 1. The van der Waals surface area contributed by atoms with Gasteiger partial charge < -0.3 is 24.4 Å². The lowest BCUT2D eigenvalue weighted by Gasteiger charge is -2.36. The van der Waals surface area contributed by atoms with E-state index in [-0.39, 0.29) is 18.6 Å². The second-order valence-corrected chi connectivity index (χ2v) is 5.69. The van der Waals surface area contributed by atoms with E-state index in [9.17, 15) is 9.59 Å². The molecule has 21 heavy (non-hydrogen) atoms. The van der Waals surface area contributed by atoms with E-state index in [1.807, 2.05) is 0 Å². The molecule has 0 spiro atoms. The molecule has 2 amide bonds. The number of carbonyl (C=O) groups is 2. The molecule has 0 aromatic rings. The van der Waals surface area contributed by atoms with Crippen molar-refractivity contribution >= 4 is 12.0 Å². The van der Waals surface area contributed by atoms with Crippen LogP contribution < -0.4 is 0 Å². The number of ether oxygens (including phenoxy) is 2. The topological polar surface area (TPSA) is 79.3 Å². The molecule has 2 aliphatic heterocycles. The standard InChI is InChI=1S/C14H24N2O5/c1-15(9-11-4-2-3-6-20-11)14(19)16-5-7-21-12(10-16)8-13(17)18/h11-12H,2-10H2,1H3,(H,17,18). The number of hydrogen-bond acceptors (Lipinski definition) is 4. The second kappa shape index (κ2) is 7.61. The Hall–Kier alpha value is -1.34. The smallest absolute Gasteiger partial charge is 0.319 e. The number of nitrogens with zero attached hydrogens (tertiary/aromatic N) is 2. The van der Waals surface area contributed by atoms with E-state index in [4.69, 9.17) is 14.6 Å².